The molecule has 0 aliphatic carbocycles. The molecule has 0 saturated carbocycles. The van der Waals surface area contributed by atoms with Gasteiger partial charge >= 0.3 is 6.03 Å². The number of para-hydroxylation sites is 1. The number of piperidine rings is 1. The van der Waals surface area contributed by atoms with Crippen molar-refractivity contribution in [3.63, 3.8) is 0 Å². The van der Waals surface area contributed by atoms with Crippen LogP contribution in [-0.2, 0) is 14.8 Å². The molecule has 0 radical (unpaired) electrons. The lowest BCUT2D eigenvalue weighted by atomic mass is 10.1. The third-order valence-corrected chi connectivity index (χ3v) is 7.53. The predicted octanol–water partition coefficient (Wildman–Crippen LogP) is 2.46. The largest absolute Gasteiger partial charge is 0.494 e. The van der Waals surface area contributed by atoms with E-state index in [0.29, 0.717) is 18.5 Å². The number of hydrogen-bond donors (Lipinski definition) is 0. The van der Waals surface area contributed by atoms with Crippen LogP contribution in [0, 0.1) is 5.82 Å². The summed E-state index contributed by atoms with van der Waals surface area (Å²) in [5, 5.41) is 0. The lowest BCUT2D eigenvalue weighted by molar-refractivity contribution is -0.116. The van der Waals surface area contributed by atoms with Crippen molar-refractivity contribution in [1.29, 1.82) is 0 Å². The number of carbonyl (C=O) groups excluding carboxylic acids is 2. The Labute approximate surface area is 179 Å². The van der Waals surface area contributed by atoms with E-state index in [2.05, 4.69) is 0 Å². The van der Waals surface area contributed by atoms with Crippen molar-refractivity contribution < 1.29 is 27.1 Å². The number of urea groups is 1. The lowest BCUT2D eigenvalue weighted by Crippen LogP contribution is -2.48. The third-order valence-electron chi connectivity index (χ3n) is 5.63. The molecule has 10 heteroatoms. The molecular weight excluding hydrogens is 425 g/mol. The van der Waals surface area contributed by atoms with Crippen molar-refractivity contribution in [3.8, 4) is 5.75 Å². The fourth-order valence-corrected chi connectivity index (χ4v) is 5.47. The van der Waals surface area contributed by atoms with Gasteiger partial charge in [-0.2, -0.15) is 4.31 Å². The number of imide groups is 1. The van der Waals surface area contributed by atoms with Crippen LogP contribution in [0.15, 0.2) is 53.4 Å². The Balaban J connectivity index is 1.45. The van der Waals surface area contributed by atoms with Crippen LogP contribution >= 0.6 is 0 Å². The van der Waals surface area contributed by atoms with E-state index in [9.17, 15) is 22.4 Å². The molecule has 31 heavy (non-hydrogen) atoms. The monoisotopic (exact) mass is 447 g/mol. The van der Waals surface area contributed by atoms with E-state index in [4.69, 9.17) is 4.74 Å². The van der Waals surface area contributed by atoms with E-state index in [-0.39, 0.29) is 42.2 Å². The molecule has 0 spiro atoms. The molecule has 0 aromatic heterocycles. The van der Waals surface area contributed by atoms with Crippen LogP contribution in [0.5, 0.6) is 5.75 Å². The molecule has 0 N–H and O–H groups in total. The molecule has 3 amide bonds. The predicted molar refractivity (Wildman–Crippen MR) is 111 cm³/mol. The number of benzene rings is 2. The molecule has 2 aliphatic rings. The number of sulfonamides is 1. The van der Waals surface area contributed by atoms with Gasteiger partial charge in [0.1, 0.15) is 6.54 Å². The zero-order valence-electron chi connectivity index (χ0n) is 16.9. The number of halogens is 1. The van der Waals surface area contributed by atoms with Crippen molar-refractivity contribution in [2.45, 2.75) is 23.8 Å². The Morgan fingerprint density at radius 2 is 1.71 bits per heavy atom. The SMILES string of the molecule is COc1ccc(S(=O)(=O)N2CCC(N3CC(=O)N(c4ccccc4)C3=O)CC2)cc1F. The number of ether oxygens (including phenoxy) is 1. The third kappa shape index (κ3) is 3.88. The fourth-order valence-electron chi connectivity index (χ4n) is 3.99. The number of anilines is 1. The van der Waals surface area contributed by atoms with Gasteiger partial charge in [0.15, 0.2) is 11.6 Å². The number of hydrogen-bond acceptors (Lipinski definition) is 5. The molecule has 2 fully saturated rings. The maximum Gasteiger partial charge on any atom is 0.332 e. The fraction of sp³-hybridized carbons (Fsp3) is 0.333. The maximum absolute atomic E-state index is 14.0. The molecule has 0 bridgehead atoms. The summed E-state index contributed by atoms with van der Waals surface area (Å²) < 4.78 is 45.9. The molecule has 2 heterocycles. The standard InChI is InChI=1S/C21H22FN3O5S/c1-30-19-8-7-17(13-18(19)22)31(28,29)23-11-9-15(10-12-23)24-14-20(26)25(21(24)27)16-5-3-2-4-6-16/h2-8,13,15H,9-12,14H2,1H3. The second kappa shape index (κ2) is 8.27. The highest BCUT2D eigenvalue weighted by Crippen LogP contribution is 2.29. The van der Waals surface area contributed by atoms with Gasteiger partial charge in [-0.15, -0.1) is 0 Å². The van der Waals surface area contributed by atoms with Gasteiger partial charge in [-0.1, -0.05) is 18.2 Å². The summed E-state index contributed by atoms with van der Waals surface area (Å²) in [4.78, 5) is 27.8. The first kappa shape index (κ1) is 21.3. The summed E-state index contributed by atoms with van der Waals surface area (Å²) >= 11 is 0. The quantitative estimate of drug-likeness (QED) is 0.657. The highest BCUT2D eigenvalue weighted by molar-refractivity contribution is 7.89. The minimum Gasteiger partial charge on any atom is -0.494 e. The van der Waals surface area contributed by atoms with Crippen molar-refractivity contribution in [2.75, 3.05) is 31.6 Å². The molecule has 164 valence electrons. The second-order valence-corrected chi connectivity index (χ2v) is 9.34. The van der Waals surface area contributed by atoms with Crippen molar-refractivity contribution in [2.24, 2.45) is 0 Å². The van der Waals surface area contributed by atoms with Gasteiger partial charge < -0.3 is 9.64 Å². The van der Waals surface area contributed by atoms with Gasteiger partial charge in [0.25, 0.3) is 5.91 Å². The highest BCUT2D eigenvalue weighted by atomic mass is 32.2. The van der Waals surface area contributed by atoms with Crippen LogP contribution in [0.25, 0.3) is 0 Å². The number of rotatable bonds is 5. The van der Waals surface area contributed by atoms with Crippen molar-refractivity contribution in [1.82, 2.24) is 9.21 Å². The number of methoxy groups -OCH3 is 1. The molecule has 8 nitrogen and oxygen atoms in total. The van der Waals surface area contributed by atoms with Crippen LogP contribution in [0.1, 0.15) is 12.8 Å². The Bertz CT molecular complexity index is 1100. The zero-order chi connectivity index (χ0) is 22.2. The lowest BCUT2D eigenvalue weighted by Gasteiger charge is -2.35. The van der Waals surface area contributed by atoms with E-state index >= 15 is 0 Å². The molecule has 4 rings (SSSR count). The molecule has 2 aromatic carbocycles. The summed E-state index contributed by atoms with van der Waals surface area (Å²) in [6.07, 6.45) is 0.777. The van der Waals surface area contributed by atoms with Crippen LogP contribution in [0.4, 0.5) is 14.9 Å². The normalized spacial score (nSPS) is 18.6. The average molecular weight is 447 g/mol. The van der Waals surface area contributed by atoms with Crippen LogP contribution in [-0.4, -0.2) is 62.3 Å². The topological polar surface area (TPSA) is 87.2 Å². The summed E-state index contributed by atoms with van der Waals surface area (Å²) in [6, 6.07) is 11.6. The van der Waals surface area contributed by atoms with Gasteiger partial charge in [0.2, 0.25) is 10.0 Å². The van der Waals surface area contributed by atoms with Crippen molar-refractivity contribution in [3.05, 3.63) is 54.3 Å². The number of nitrogens with zero attached hydrogens (tertiary/aromatic N) is 3. The summed E-state index contributed by atoms with van der Waals surface area (Å²) in [5.41, 5.74) is 0.515. The summed E-state index contributed by atoms with van der Waals surface area (Å²) in [7, 11) is -2.57. The van der Waals surface area contributed by atoms with E-state index in [0.717, 1.165) is 11.0 Å². The Morgan fingerprint density at radius 3 is 2.32 bits per heavy atom. The molecule has 2 aromatic rings. The van der Waals surface area contributed by atoms with Gasteiger partial charge in [-0.3, -0.25) is 4.79 Å². The van der Waals surface area contributed by atoms with E-state index in [1.165, 1.54) is 28.4 Å². The summed E-state index contributed by atoms with van der Waals surface area (Å²) in [5.74, 6) is -1.08. The molecular formula is C21H22FN3O5S. The smallest absolute Gasteiger partial charge is 0.332 e. The first-order valence-corrected chi connectivity index (χ1v) is 11.3. The maximum atomic E-state index is 14.0. The number of amides is 3. The van der Waals surface area contributed by atoms with Gasteiger partial charge in [0.05, 0.1) is 17.7 Å². The van der Waals surface area contributed by atoms with Crippen LogP contribution in [0.2, 0.25) is 0 Å². The highest BCUT2D eigenvalue weighted by Gasteiger charge is 2.42. The number of carbonyl (C=O) groups is 2. The van der Waals surface area contributed by atoms with Crippen molar-refractivity contribution >= 4 is 27.6 Å². The van der Waals surface area contributed by atoms with Crippen LogP contribution < -0.4 is 9.64 Å². The van der Waals surface area contributed by atoms with E-state index in [1.54, 1.807) is 30.3 Å². The van der Waals surface area contributed by atoms with E-state index < -0.39 is 21.9 Å². The van der Waals surface area contributed by atoms with Gasteiger partial charge in [-0.05, 0) is 43.2 Å². The first-order chi connectivity index (χ1) is 14.8. The van der Waals surface area contributed by atoms with E-state index in [1.807, 2.05) is 0 Å². The molecule has 0 unspecified atom stereocenters. The molecule has 2 aliphatic heterocycles. The minimum absolute atomic E-state index is 0.0298. The second-order valence-electron chi connectivity index (χ2n) is 7.41. The van der Waals surface area contributed by atoms with Gasteiger partial charge in [0, 0.05) is 19.1 Å². The molecule has 0 atom stereocenters. The summed E-state index contributed by atoms with van der Waals surface area (Å²) in [6.45, 7) is 0.308. The first-order valence-electron chi connectivity index (χ1n) is 9.85. The Kier molecular flexibility index (Phi) is 5.67. The zero-order valence-corrected chi connectivity index (χ0v) is 17.7. The minimum atomic E-state index is -3.88. The Hall–Kier alpha value is -2.98. The van der Waals surface area contributed by atoms with Crippen LogP contribution in [0.3, 0.4) is 0 Å². The Morgan fingerprint density at radius 1 is 1.03 bits per heavy atom. The van der Waals surface area contributed by atoms with Gasteiger partial charge in [-0.25, -0.2) is 22.5 Å². The average Bonchev–Trinajstić information content (AvgIpc) is 3.08. The molecule has 2 saturated heterocycles.